The van der Waals surface area contributed by atoms with E-state index in [1.807, 2.05) is 0 Å². The Morgan fingerprint density at radius 3 is 1.73 bits per heavy atom. The predicted molar refractivity (Wildman–Crippen MR) is 58.4 cm³/mol. The van der Waals surface area contributed by atoms with E-state index < -0.39 is 11.9 Å². The van der Waals surface area contributed by atoms with Crippen LogP contribution in [0.15, 0.2) is 0 Å². The predicted octanol–water partition coefficient (Wildman–Crippen LogP) is 0.163. The summed E-state index contributed by atoms with van der Waals surface area (Å²) >= 11 is 2.71. The Hall–Kier alpha value is -0.660. The third kappa shape index (κ3) is 31.8. The average Bonchev–Trinajstić information content (AvgIpc) is 2.20. The summed E-state index contributed by atoms with van der Waals surface area (Å²) in [5.41, 5.74) is 0. The Kier molecular flexibility index (Phi) is 14.9. The first-order valence-electron chi connectivity index (χ1n) is 4.26. The van der Waals surface area contributed by atoms with Gasteiger partial charge in [0.05, 0.1) is 13.2 Å². The summed E-state index contributed by atoms with van der Waals surface area (Å²) in [5, 5.41) is 18.3. The van der Waals surface area contributed by atoms with E-state index in [2.05, 4.69) is 21.2 Å². The third-order valence-electron chi connectivity index (χ3n) is 0.961. The minimum atomic E-state index is -0.833. The van der Waals surface area contributed by atoms with Gasteiger partial charge in [-0.15, -0.1) is 0 Å². The average molecular weight is 286 g/mol. The van der Waals surface area contributed by atoms with Crippen LogP contribution >= 0.6 is 15.9 Å². The lowest BCUT2D eigenvalue weighted by atomic mass is 10.5. The van der Waals surface area contributed by atoms with Gasteiger partial charge in [-0.2, -0.15) is 0 Å². The van der Waals surface area contributed by atoms with Crippen LogP contribution in [-0.2, 0) is 14.3 Å². The van der Waals surface area contributed by atoms with Crippen LogP contribution in [0.5, 0.6) is 0 Å². The van der Waals surface area contributed by atoms with Gasteiger partial charge in [0.25, 0.3) is 5.97 Å². The van der Waals surface area contributed by atoms with Crippen molar-refractivity contribution in [2.45, 2.75) is 6.92 Å². The zero-order valence-corrected chi connectivity index (χ0v) is 10.1. The number of morpholine rings is 1. The van der Waals surface area contributed by atoms with Crippen LogP contribution in [-0.4, -0.2) is 53.8 Å². The van der Waals surface area contributed by atoms with E-state index >= 15 is 0 Å². The van der Waals surface area contributed by atoms with Gasteiger partial charge in [-0.1, -0.05) is 15.9 Å². The summed E-state index contributed by atoms with van der Waals surface area (Å²) in [6, 6.07) is 0. The van der Waals surface area contributed by atoms with Gasteiger partial charge in [-0.25, -0.2) is 0 Å². The van der Waals surface area contributed by atoms with Crippen LogP contribution in [0.2, 0.25) is 0 Å². The van der Waals surface area contributed by atoms with E-state index in [9.17, 15) is 4.79 Å². The van der Waals surface area contributed by atoms with Crippen LogP contribution in [0, 0.1) is 0 Å². The molecule has 0 atom stereocenters. The van der Waals surface area contributed by atoms with E-state index in [0.29, 0.717) is 0 Å². The Bertz CT molecular complexity index is 157. The molecule has 0 aromatic carbocycles. The van der Waals surface area contributed by atoms with Crippen molar-refractivity contribution in [3.63, 3.8) is 0 Å². The summed E-state index contributed by atoms with van der Waals surface area (Å²) in [7, 11) is 0. The molecule has 0 aliphatic carbocycles. The Morgan fingerprint density at radius 1 is 1.33 bits per heavy atom. The SMILES string of the molecule is C1COCCN1.CC(=O)O.O=C(O)CBr. The number of hydrogen-bond donors (Lipinski definition) is 3. The minimum Gasteiger partial charge on any atom is -0.481 e. The highest BCUT2D eigenvalue weighted by atomic mass is 79.9. The Labute approximate surface area is 96.7 Å². The maximum absolute atomic E-state index is 9.32. The van der Waals surface area contributed by atoms with Gasteiger partial charge >= 0.3 is 5.97 Å². The second-order valence-electron chi connectivity index (χ2n) is 2.41. The molecule has 1 saturated heterocycles. The number of carbonyl (C=O) groups is 2. The topological polar surface area (TPSA) is 95.9 Å². The second-order valence-corrected chi connectivity index (χ2v) is 2.97. The molecule has 1 aliphatic heterocycles. The lowest BCUT2D eigenvalue weighted by molar-refractivity contribution is -0.135. The van der Waals surface area contributed by atoms with Crippen molar-refractivity contribution in [3.8, 4) is 0 Å². The van der Waals surface area contributed by atoms with Gasteiger partial charge < -0.3 is 20.3 Å². The maximum Gasteiger partial charge on any atom is 0.314 e. The number of rotatable bonds is 1. The van der Waals surface area contributed by atoms with Crippen LogP contribution in [0.4, 0.5) is 0 Å². The van der Waals surface area contributed by atoms with E-state index in [1.54, 1.807) is 0 Å². The molecule has 1 fully saturated rings. The Morgan fingerprint density at radius 2 is 1.67 bits per heavy atom. The number of halogens is 1. The number of nitrogens with one attached hydrogen (secondary N) is 1. The molecule has 6 nitrogen and oxygen atoms in total. The fraction of sp³-hybridized carbons (Fsp3) is 0.750. The molecule has 1 aliphatic rings. The highest BCUT2D eigenvalue weighted by molar-refractivity contribution is 9.09. The highest BCUT2D eigenvalue weighted by Crippen LogP contribution is 1.76. The first kappa shape index (κ1) is 16.8. The fourth-order valence-corrected chi connectivity index (χ4v) is 0.516. The van der Waals surface area contributed by atoms with Crippen LogP contribution in [0.25, 0.3) is 0 Å². The standard InChI is InChI=1S/C4H9NO.C2H3BrO2.C2H4O2/c1-3-6-4-2-5-1;3-1-2(4)5;1-2(3)4/h5H,1-4H2;1H2,(H,4,5);1H3,(H,3,4). The van der Waals surface area contributed by atoms with E-state index in [1.165, 1.54) is 0 Å². The van der Waals surface area contributed by atoms with Crippen LogP contribution < -0.4 is 5.32 Å². The first-order chi connectivity index (χ1) is 7.00. The van der Waals surface area contributed by atoms with Crippen molar-refractivity contribution in [2.24, 2.45) is 0 Å². The highest BCUT2D eigenvalue weighted by Gasteiger charge is 1.92. The molecule has 0 bridgehead atoms. The van der Waals surface area contributed by atoms with Gasteiger partial charge in [-0.3, -0.25) is 9.59 Å². The lowest BCUT2D eigenvalue weighted by Gasteiger charge is -2.10. The zero-order chi connectivity index (χ0) is 12.1. The maximum atomic E-state index is 9.32. The van der Waals surface area contributed by atoms with Crippen molar-refractivity contribution in [1.82, 2.24) is 5.32 Å². The lowest BCUT2D eigenvalue weighted by Crippen LogP contribution is -2.30. The molecule has 0 saturated carbocycles. The van der Waals surface area contributed by atoms with Crippen molar-refractivity contribution in [2.75, 3.05) is 31.6 Å². The molecule has 90 valence electrons. The molecule has 0 aromatic heterocycles. The van der Waals surface area contributed by atoms with Gasteiger partial charge in [-0.05, 0) is 0 Å². The molecule has 15 heavy (non-hydrogen) atoms. The summed E-state index contributed by atoms with van der Waals surface area (Å²) in [6.45, 7) is 4.92. The van der Waals surface area contributed by atoms with E-state index in [-0.39, 0.29) is 5.33 Å². The zero-order valence-electron chi connectivity index (χ0n) is 8.53. The summed E-state index contributed by atoms with van der Waals surface area (Å²) < 4.78 is 5.01. The van der Waals surface area contributed by atoms with Gasteiger partial charge in [0, 0.05) is 20.0 Å². The third-order valence-corrected chi connectivity index (χ3v) is 1.44. The number of aliphatic carboxylic acids is 2. The molecule has 0 radical (unpaired) electrons. The number of hydrogen-bond acceptors (Lipinski definition) is 4. The van der Waals surface area contributed by atoms with Crippen molar-refractivity contribution >= 4 is 27.9 Å². The second kappa shape index (κ2) is 13.3. The quantitative estimate of drug-likeness (QED) is 0.594. The van der Waals surface area contributed by atoms with Crippen LogP contribution in [0.1, 0.15) is 6.92 Å². The number of carboxylic acids is 2. The van der Waals surface area contributed by atoms with Crippen molar-refractivity contribution in [1.29, 1.82) is 0 Å². The van der Waals surface area contributed by atoms with Gasteiger partial charge in [0.2, 0.25) is 0 Å². The molecule has 7 heteroatoms. The molecular formula is C8H16BrNO5. The normalized spacial score (nSPS) is 13.7. The van der Waals surface area contributed by atoms with Crippen LogP contribution in [0.3, 0.4) is 0 Å². The number of ether oxygens (including phenoxy) is 1. The molecule has 1 rings (SSSR count). The molecule has 0 amide bonds. The fourth-order valence-electron chi connectivity index (χ4n) is 0.516. The van der Waals surface area contributed by atoms with Gasteiger partial charge in [0.15, 0.2) is 0 Å². The molecule has 1 heterocycles. The molecule has 0 aromatic rings. The molecule has 3 N–H and O–H groups in total. The minimum absolute atomic E-state index is 0.0347. The van der Waals surface area contributed by atoms with E-state index in [4.69, 9.17) is 19.7 Å². The smallest absolute Gasteiger partial charge is 0.314 e. The first-order valence-corrected chi connectivity index (χ1v) is 5.38. The molecule has 0 unspecified atom stereocenters. The van der Waals surface area contributed by atoms with Crippen molar-refractivity contribution in [3.05, 3.63) is 0 Å². The number of alkyl halides is 1. The van der Waals surface area contributed by atoms with Gasteiger partial charge in [0.1, 0.15) is 5.33 Å². The van der Waals surface area contributed by atoms with Crippen molar-refractivity contribution < 1.29 is 24.5 Å². The number of carboxylic acid groups (broad SMARTS) is 2. The summed E-state index contributed by atoms with van der Waals surface area (Å²) in [5.74, 6) is -1.66. The largest absolute Gasteiger partial charge is 0.481 e. The van der Waals surface area contributed by atoms with E-state index in [0.717, 1.165) is 33.2 Å². The monoisotopic (exact) mass is 285 g/mol. The summed E-state index contributed by atoms with van der Waals surface area (Å²) in [6.07, 6.45) is 0. The molecule has 0 spiro atoms. The molecular weight excluding hydrogens is 270 g/mol. The summed E-state index contributed by atoms with van der Waals surface area (Å²) in [4.78, 5) is 18.3. The Balaban J connectivity index is 0.